The molecule has 4 rings (SSSR count). The van der Waals surface area contributed by atoms with Crippen LogP contribution in [-0.2, 0) is 9.84 Å². The molecule has 1 aromatic heterocycles. The van der Waals surface area contributed by atoms with Crippen molar-refractivity contribution in [3.63, 3.8) is 0 Å². The molecule has 0 bridgehead atoms. The average Bonchev–Trinajstić information content (AvgIpc) is 3.18. The lowest BCUT2D eigenvalue weighted by Crippen LogP contribution is -2.14. The van der Waals surface area contributed by atoms with Gasteiger partial charge in [0.2, 0.25) is 0 Å². The first-order chi connectivity index (χ1) is 12.3. The molecule has 1 atom stereocenters. The summed E-state index contributed by atoms with van der Waals surface area (Å²) in [7, 11) is -3.02. The summed E-state index contributed by atoms with van der Waals surface area (Å²) in [4.78, 5) is 25.2. The highest BCUT2D eigenvalue weighted by molar-refractivity contribution is 7.91. The van der Waals surface area contributed by atoms with Crippen LogP contribution in [0.5, 0.6) is 0 Å². The van der Waals surface area contributed by atoms with Gasteiger partial charge in [-0.25, -0.2) is 8.42 Å². The third-order valence-electron chi connectivity index (χ3n) is 5.13. The first-order valence-electron chi connectivity index (χ1n) is 8.45. The molecule has 2 aromatic rings. The second kappa shape index (κ2) is 5.74. The van der Waals surface area contributed by atoms with Crippen molar-refractivity contribution in [3.8, 4) is 0 Å². The largest absolute Gasteiger partial charge is 0.288 e. The molecule has 7 heteroatoms. The maximum Gasteiger partial charge on any atom is 0.197 e. The summed E-state index contributed by atoms with van der Waals surface area (Å²) in [6.45, 7) is 3.64. The fraction of sp³-hybridized carbons (Fsp3) is 0.316. The first kappa shape index (κ1) is 16.9. The van der Waals surface area contributed by atoms with E-state index in [-0.39, 0.29) is 34.7 Å². The Balaban J connectivity index is 1.76. The van der Waals surface area contributed by atoms with Gasteiger partial charge in [-0.2, -0.15) is 5.10 Å². The minimum absolute atomic E-state index is 0.0777. The Bertz CT molecular complexity index is 1060. The quantitative estimate of drug-likeness (QED) is 0.598. The number of carbonyl (C=O) groups excluding carboxylic acids is 2. The minimum atomic E-state index is -3.02. The predicted octanol–water partition coefficient (Wildman–Crippen LogP) is 2.32. The lowest BCUT2D eigenvalue weighted by molar-refractivity contribution is 0.0990. The van der Waals surface area contributed by atoms with Crippen LogP contribution in [0, 0.1) is 13.8 Å². The fourth-order valence-electron chi connectivity index (χ4n) is 3.76. The van der Waals surface area contributed by atoms with Gasteiger partial charge in [0.1, 0.15) is 0 Å². The molecule has 1 aliphatic heterocycles. The lowest BCUT2D eigenvalue weighted by atomic mass is 10.1. The molecule has 2 aliphatic rings. The SMILES string of the molecule is Cc1nn([C@@H]2CCS(=O)(=O)C2)c(C)c1C=C1C(=O)c2ccccc2C1=O. The Morgan fingerprint density at radius 3 is 2.27 bits per heavy atom. The van der Waals surface area contributed by atoms with Crippen molar-refractivity contribution in [3.05, 3.63) is 57.9 Å². The molecule has 134 valence electrons. The van der Waals surface area contributed by atoms with Crippen molar-refractivity contribution in [1.29, 1.82) is 0 Å². The van der Waals surface area contributed by atoms with Gasteiger partial charge in [-0.1, -0.05) is 24.3 Å². The van der Waals surface area contributed by atoms with Gasteiger partial charge in [-0.05, 0) is 26.3 Å². The van der Waals surface area contributed by atoms with Crippen LogP contribution >= 0.6 is 0 Å². The number of benzene rings is 1. The number of fused-ring (bicyclic) bond motifs is 1. The van der Waals surface area contributed by atoms with Gasteiger partial charge in [0.25, 0.3) is 0 Å². The molecular weight excluding hydrogens is 352 g/mol. The van der Waals surface area contributed by atoms with Crippen LogP contribution in [0.2, 0.25) is 0 Å². The summed E-state index contributed by atoms with van der Waals surface area (Å²) in [6, 6.07) is 6.59. The Kier molecular flexibility index (Phi) is 3.73. The first-order valence-corrected chi connectivity index (χ1v) is 10.3. The van der Waals surface area contributed by atoms with Crippen LogP contribution < -0.4 is 0 Å². The van der Waals surface area contributed by atoms with E-state index < -0.39 is 9.84 Å². The monoisotopic (exact) mass is 370 g/mol. The van der Waals surface area contributed by atoms with Crippen molar-refractivity contribution in [1.82, 2.24) is 9.78 Å². The maximum atomic E-state index is 12.6. The number of sulfone groups is 1. The van der Waals surface area contributed by atoms with E-state index >= 15 is 0 Å². The number of ketones is 2. The molecular formula is C19H18N2O4S. The summed E-state index contributed by atoms with van der Waals surface area (Å²) in [6.07, 6.45) is 2.13. The number of nitrogens with zero attached hydrogens (tertiary/aromatic N) is 2. The number of hydrogen-bond donors (Lipinski definition) is 0. The van der Waals surface area contributed by atoms with Gasteiger partial charge in [0.15, 0.2) is 21.4 Å². The van der Waals surface area contributed by atoms with Crippen LogP contribution in [0.15, 0.2) is 29.8 Å². The number of aromatic nitrogens is 2. The highest BCUT2D eigenvalue weighted by atomic mass is 32.2. The number of rotatable bonds is 2. The van der Waals surface area contributed by atoms with Gasteiger partial charge in [-0.3, -0.25) is 14.3 Å². The topological polar surface area (TPSA) is 86.1 Å². The van der Waals surface area contributed by atoms with Gasteiger partial charge in [0.05, 0.1) is 28.8 Å². The number of Topliss-reactive ketones (excluding diaryl/α,β-unsaturated/α-hetero) is 2. The summed E-state index contributed by atoms with van der Waals surface area (Å²) in [5, 5.41) is 4.48. The summed E-state index contributed by atoms with van der Waals surface area (Å²) < 4.78 is 25.3. The van der Waals surface area contributed by atoms with E-state index in [9.17, 15) is 18.0 Å². The third-order valence-corrected chi connectivity index (χ3v) is 6.88. The van der Waals surface area contributed by atoms with E-state index in [1.807, 2.05) is 6.92 Å². The fourth-order valence-corrected chi connectivity index (χ4v) is 5.45. The Morgan fingerprint density at radius 1 is 1.12 bits per heavy atom. The molecule has 26 heavy (non-hydrogen) atoms. The van der Waals surface area contributed by atoms with E-state index in [0.717, 1.165) is 5.69 Å². The summed E-state index contributed by atoms with van der Waals surface area (Å²) >= 11 is 0. The average molecular weight is 370 g/mol. The smallest absolute Gasteiger partial charge is 0.197 e. The van der Waals surface area contributed by atoms with E-state index in [4.69, 9.17) is 0 Å². The molecule has 0 N–H and O–H groups in total. The van der Waals surface area contributed by atoms with Crippen molar-refractivity contribution < 1.29 is 18.0 Å². The number of hydrogen-bond acceptors (Lipinski definition) is 5. The molecule has 1 fully saturated rings. The molecule has 6 nitrogen and oxygen atoms in total. The summed E-state index contributed by atoms with van der Waals surface area (Å²) in [5.74, 6) is -0.311. The Labute approximate surface area is 151 Å². The van der Waals surface area contributed by atoms with Gasteiger partial charge < -0.3 is 0 Å². The molecule has 1 aliphatic carbocycles. The van der Waals surface area contributed by atoms with E-state index in [0.29, 0.717) is 28.8 Å². The molecule has 0 radical (unpaired) electrons. The minimum Gasteiger partial charge on any atom is -0.288 e. The normalized spacial score (nSPS) is 21.3. The van der Waals surface area contributed by atoms with Crippen molar-refractivity contribution >= 4 is 27.5 Å². The predicted molar refractivity (Wildman–Crippen MR) is 97.1 cm³/mol. The maximum absolute atomic E-state index is 12.6. The number of aryl methyl sites for hydroxylation is 1. The molecule has 0 unspecified atom stereocenters. The summed E-state index contributed by atoms with van der Waals surface area (Å²) in [5.41, 5.74) is 3.14. The molecule has 0 amide bonds. The van der Waals surface area contributed by atoms with Crippen LogP contribution in [0.4, 0.5) is 0 Å². The second-order valence-corrected chi connectivity index (χ2v) is 9.08. The zero-order valence-corrected chi connectivity index (χ0v) is 15.3. The highest BCUT2D eigenvalue weighted by Crippen LogP contribution is 2.31. The molecule has 2 heterocycles. The van der Waals surface area contributed by atoms with Gasteiger partial charge in [0, 0.05) is 22.4 Å². The van der Waals surface area contributed by atoms with Gasteiger partial charge in [-0.15, -0.1) is 0 Å². The van der Waals surface area contributed by atoms with E-state index in [2.05, 4.69) is 5.10 Å². The van der Waals surface area contributed by atoms with E-state index in [1.54, 1.807) is 41.9 Å². The zero-order valence-electron chi connectivity index (χ0n) is 14.5. The van der Waals surface area contributed by atoms with Crippen LogP contribution in [0.3, 0.4) is 0 Å². The zero-order chi connectivity index (χ0) is 18.6. The lowest BCUT2D eigenvalue weighted by Gasteiger charge is -2.11. The molecule has 1 aromatic carbocycles. The third kappa shape index (κ3) is 2.54. The van der Waals surface area contributed by atoms with Crippen LogP contribution in [0.1, 0.15) is 50.1 Å². The number of allylic oxidation sites excluding steroid dienone is 1. The van der Waals surface area contributed by atoms with Crippen LogP contribution in [0.25, 0.3) is 6.08 Å². The molecule has 0 saturated carbocycles. The Hall–Kier alpha value is -2.54. The van der Waals surface area contributed by atoms with E-state index in [1.165, 1.54) is 0 Å². The van der Waals surface area contributed by atoms with Crippen molar-refractivity contribution in [2.45, 2.75) is 26.3 Å². The number of carbonyl (C=O) groups is 2. The van der Waals surface area contributed by atoms with Crippen molar-refractivity contribution in [2.75, 3.05) is 11.5 Å². The van der Waals surface area contributed by atoms with Gasteiger partial charge >= 0.3 is 0 Å². The molecule has 1 saturated heterocycles. The standard InChI is InChI=1S/C19H18N2O4S/c1-11-16(12(2)21(20-11)13-7-8-26(24,25)10-13)9-17-18(22)14-5-3-4-6-15(14)19(17)23/h3-6,9,13H,7-8,10H2,1-2H3/t13-/m1/s1. The van der Waals surface area contributed by atoms with Crippen molar-refractivity contribution in [2.24, 2.45) is 0 Å². The molecule has 0 spiro atoms. The highest BCUT2D eigenvalue weighted by Gasteiger charge is 2.34. The van der Waals surface area contributed by atoms with Crippen LogP contribution in [-0.4, -0.2) is 41.3 Å². The second-order valence-electron chi connectivity index (χ2n) is 6.85. The Morgan fingerprint density at radius 2 is 1.73 bits per heavy atom.